The molecule has 0 spiro atoms. The molecule has 0 fully saturated rings. The third kappa shape index (κ3) is 3.19. The van der Waals surface area contributed by atoms with Crippen molar-refractivity contribution in [1.29, 1.82) is 0 Å². The van der Waals surface area contributed by atoms with E-state index in [1.54, 1.807) is 45.2 Å². The van der Waals surface area contributed by atoms with E-state index in [9.17, 15) is 19.8 Å². The normalized spacial score (nSPS) is 28.3. The SMILES string of the molecule is Cc1ccc2c(c1O)N[C@@](C)(C(O)C1CC(/C=C/C(N)=O)=CN1)[C@H](C)C2=O. The monoisotopic (exact) mass is 371 g/mol. The molecule has 2 unspecified atom stereocenters. The van der Waals surface area contributed by atoms with Crippen LogP contribution in [0.15, 0.2) is 36.1 Å². The average molecular weight is 371 g/mol. The molecule has 2 heterocycles. The van der Waals surface area contributed by atoms with Crippen molar-refractivity contribution in [2.75, 3.05) is 5.32 Å². The first-order valence-electron chi connectivity index (χ1n) is 8.90. The highest BCUT2D eigenvalue weighted by atomic mass is 16.3. The molecule has 144 valence electrons. The summed E-state index contributed by atoms with van der Waals surface area (Å²) in [6.45, 7) is 5.31. The minimum absolute atomic E-state index is 0.0220. The minimum Gasteiger partial charge on any atom is -0.505 e. The van der Waals surface area contributed by atoms with E-state index in [0.29, 0.717) is 23.2 Å². The standard InChI is InChI=1S/C20H25N3O4/c1-10-4-6-13-16(17(10)25)23-20(3,11(2)18(13)26)19(27)14-8-12(9-22-14)5-7-15(21)24/h4-7,9,11,14,19,22-23,25,27H,8H2,1-3H3,(H2,21,24)/b7-5+/t11-,14?,19?,20-/m1/s1. The Bertz CT molecular complexity index is 861. The number of aryl methyl sites for hydroxylation is 1. The first-order chi connectivity index (χ1) is 12.6. The molecule has 2 aliphatic rings. The molecule has 7 nitrogen and oxygen atoms in total. The number of primary amides is 1. The third-order valence-corrected chi connectivity index (χ3v) is 5.73. The average Bonchev–Trinajstić information content (AvgIpc) is 3.10. The summed E-state index contributed by atoms with van der Waals surface area (Å²) in [6, 6.07) is 3.06. The number of allylic oxidation sites excluding steroid dienone is 1. The maximum atomic E-state index is 12.9. The van der Waals surface area contributed by atoms with E-state index in [0.717, 1.165) is 5.57 Å². The number of nitrogens with two attached hydrogens (primary N) is 1. The number of hydrogen-bond acceptors (Lipinski definition) is 6. The van der Waals surface area contributed by atoms with Crippen LogP contribution in [0, 0.1) is 12.8 Å². The first-order valence-corrected chi connectivity index (χ1v) is 8.90. The van der Waals surface area contributed by atoms with Gasteiger partial charge >= 0.3 is 0 Å². The van der Waals surface area contributed by atoms with Crippen LogP contribution in [-0.2, 0) is 4.79 Å². The summed E-state index contributed by atoms with van der Waals surface area (Å²) in [6.07, 6.45) is 4.15. The van der Waals surface area contributed by atoms with Crippen LogP contribution < -0.4 is 16.4 Å². The van der Waals surface area contributed by atoms with Gasteiger partial charge in [0, 0.05) is 23.8 Å². The molecular formula is C20H25N3O4. The number of anilines is 1. The molecule has 0 radical (unpaired) electrons. The molecule has 2 aliphatic heterocycles. The molecular weight excluding hydrogens is 346 g/mol. The number of fused-ring (bicyclic) bond motifs is 1. The second-order valence-electron chi connectivity index (χ2n) is 7.52. The predicted molar refractivity (Wildman–Crippen MR) is 102 cm³/mol. The Morgan fingerprint density at radius 3 is 2.81 bits per heavy atom. The third-order valence-electron chi connectivity index (χ3n) is 5.73. The van der Waals surface area contributed by atoms with Gasteiger partial charge in [-0.25, -0.2) is 0 Å². The van der Waals surface area contributed by atoms with Gasteiger partial charge in [-0.05, 0) is 37.5 Å². The number of benzene rings is 1. The van der Waals surface area contributed by atoms with E-state index < -0.39 is 23.5 Å². The van der Waals surface area contributed by atoms with Gasteiger partial charge in [-0.1, -0.05) is 19.1 Å². The topological polar surface area (TPSA) is 125 Å². The zero-order chi connectivity index (χ0) is 19.9. The van der Waals surface area contributed by atoms with Crippen LogP contribution in [0.5, 0.6) is 5.75 Å². The van der Waals surface area contributed by atoms with E-state index in [-0.39, 0.29) is 17.6 Å². The summed E-state index contributed by atoms with van der Waals surface area (Å²) in [4.78, 5) is 23.8. The number of carbonyl (C=O) groups excluding carboxylic acids is 2. The molecule has 0 bridgehead atoms. The number of hydrogen-bond donors (Lipinski definition) is 5. The highest BCUT2D eigenvalue weighted by Gasteiger charge is 2.49. The van der Waals surface area contributed by atoms with Gasteiger partial charge in [-0.2, -0.15) is 0 Å². The number of ketones is 1. The fourth-order valence-electron chi connectivity index (χ4n) is 3.75. The Hall–Kier alpha value is -2.80. The number of aliphatic hydroxyl groups excluding tert-OH is 1. The molecule has 4 atom stereocenters. The number of aliphatic hydroxyl groups is 1. The Labute approximate surface area is 158 Å². The van der Waals surface area contributed by atoms with E-state index in [1.165, 1.54) is 6.08 Å². The van der Waals surface area contributed by atoms with E-state index in [4.69, 9.17) is 5.73 Å². The van der Waals surface area contributed by atoms with Crippen LogP contribution >= 0.6 is 0 Å². The summed E-state index contributed by atoms with van der Waals surface area (Å²) in [5.41, 5.74) is 6.40. The number of Topliss-reactive ketones (excluding diaryl/α,β-unsaturated/α-hetero) is 1. The van der Waals surface area contributed by atoms with Gasteiger partial charge in [-0.3, -0.25) is 9.59 Å². The van der Waals surface area contributed by atoms with Crippen molar-refractivity contribution in [2.45, 2.75) is 44.9 Å². The van der Waals surface area contributed by atoms with Gasteiger partial charge in [0.05, 0.1) is 23.4 Å². The number of aromatic hydroxyl groups is 1. The lowest BCUT2D eigenvalue weighted by atomic mass is 9.72. The molecule has 0 aromatic heterocycles. The number of carbonyl (C=O) groups is 2. The molecule has 0 aliphatic carbocycles. The lowest BCUT2D eigenvalue weighted by molar-refractivity contribution is -0.113. The molecule has 3 rings (SSSR count). The van der Waals surface area contributed by atoms with E-state index >= 15 is 0 Å². The van der Waals surface area contributed by atoms with E-state index in [2.05, 4.69) is 10.6 Å². The second kappa shape index (κ2) is 6.74. The number of nitrogens with one attached hydrogen (secondary N) is 2. The summed E-state index contributed by atoms with van der Waals surface area (Å²) >= 11 is 0. The maximum Gasteiger partial charge on any atom is 0.241 e. The summed E-state index contributed by atoms with van der Waals surface area (Å²) in [5.74, 6) is -1.15. The molecule has 1 aromatic rings. The van der Waals surface area contributed by atoms with Gasteiger partial charge in [0.1, 0.15) is 5.75 Å². The van der Waals surface area contributed by atoms with Gasteiger partial charge in [0.15, 0.2) is 5.78 Å². The molecule has 1 aromatic carbocycles. The van der Waals surface area contributed by atoms with Crippen molar-refractivity contribution >= 4 is 17.4 Å². The number of phenolic OH excluding ortho intramolecular Hbond substituents is 1. The number of amides is 1. The van der Waals surface area contributed by atoms with Crippen molar-refractivity contribution in [2.24, 2.45) is 11.7 Å². The van der Waals surface area contributed by atoms with Crippen molar-refractivity contribution in [3.63, 3.8) is 0 Å². The minimum atomic E-state index is -0.982. The van der Waals surface area contributed by atoms with Gasteiger partial charge in [-0.15, -0.1) is 0 Å². The zero-order valence-corrected chi connectivity index (χ0v) is 15.6. The second-order valence-corrected chi connectivity index (χ2v) is 7.52. The van der Waals surface area contributed by atoms with Gasteiger partial charge in [0.25, 0.3) is 0 Å². The van der Waals surface area contributed by atoms with Crippen molar-refractivity contribution in [3.05, 3.63) is 47.2 Å². The first kappa shape index (κ1) is 19.0. The number of phenols is 1. The number of rotatable bonds is 4. The fraction of sp³-hybridized carbons (Fsp3) is 0.400. The Kier molecular flexibility index (Phi) is 4.73. The van der Waals surface area contributed by atoms with Crippen LogP contribution in [0.1, 0.15) is 36.2 Å². The smallest absolute Gasteiger partial charge is 0.241 e. The largest absolute Gasteiger partial charge is 0.505 e. The zero-order valence-electron chi connectivity index (χ0n) is 15.6. The van der Waals surface area contributed by atoms with Gasteiger partial charge in [0.2, 0.25) is 5.91 Å². The van der Waals surface area contributed by atoms with Gasteiger partial charge < -0.3 is 26.6 Å². The van der Waals surface area contributed by atoms with Crippen LogP contribution in [-0.4, -0.2) is 39.6 Å². The fourth-order valence-corrected chi connectivity index (χ4v) is 3.75. The van der Waals surface area contributed by atoms with Crippen molar-refractivity contribution in [3.8, 4) is 5.75 Å². The summed E-state index contributed by atoms with van der Waals surface area (Å²) in [7, 11) is 0. The summed E-state index contributed by atoms with van der Waals surface area (Å²) in [5, 5.41) is 27.8. The van der Waals surface area contributed by atoms with Crippen LogP contribution in [0.2, 0.25) is 0 Å². The maximum absolute atomic E-state index is 12.9. The Morgan fingerprint density at radius 2 is 2.15 bits per heavy atom. The van der Waals surface area contributed by atoms with Crippen LogP contribution in [0.3, 0.4) is 0 Å². The summed E-state index contributed by atoms with van der Waals surface area (Å²) < 4.78 is 0. The molecule has 7 heteroatoms. The molecule has 1 amide bonds. The lowest BCUT2D eigenvalue weighted by Crippen LogP contribution is -2.61. The molecule has 27 heavy (non-hydrogen) atoms. The highest BCUT2D eigenvalue weighted by molar-refractivity contribution is 6.07. The Balaban J connectivity index is 1.86. The van der Waals surface area contributed by atoms with Crippen molar-refractivity contribution in [1.82, 2.24) is 5.32 Å². The molecule has 6 N–H and O–H groups in total. The van der Waals surface area contributed by atoms with Crippen molar-refractivity contribution < 1.29 is 19.8 Å². The molecule has 0 saturated heterocycles. The Morgan fingerprint density at radius 1 is 1.44 bits per heavy atom. The molecule has 0 saturated carbocycles. The quantitative estimate of drug-likeness (QED) is 0.402. The predicted octanol–water partition coefficient (Wildman–Crippen LogP) is 1.35. The van der Waals surface area contributed by atoms with Crippen LogP contribution in [0.4, 0.5) is 5.69 Å². The highest BCUT2D eigenvalue weighted by Crippen LogP contribution is 2.43. The van der Waals surface area contributed by atoms with E-state index in [1.807, 2.05) is 0 Å². The van der Waals surface area contributed by atoms with Crippen LogP contribution in [0.25, 0.3) is 0 Å². The lowest BCUT2D eigenvalue weighted by Gasteiger charge is -2.46.